The van der Waals surface area contributed by atoms with Crippen LogP contribution in [-0.2, 0) is 0 Å². The van der Waals surface area contributed by atoms with Crippen molar-refractivity contribution in [1.29, 1.82) is 0 Å². The summed E-state index contributed by atoms with van der Waals surface area (Å²) in [6.45, 7) is 4.79. The molecule has 1 aliphatic heterocycles. The molecule has 0 spiro atoms. The normalized spacial score (nSPS) is 19.6. The highest BCUT2D eigenvalue weighted by atomic mass is 16.2. The van der Waals surface area contributed by atoms with Gasteiger partial charge in [-0.25, -0.2) is 0 Å². The maximum Gasteiger partial charge on any atom is 0.272 e. The summed E-state index contributed by atoms with van der Waals surface area (Å²) >= 11 is 0. The lowest BCUT2D eigenvalue weighted by Gasteiger charge is -2.37. The number of aromatic nitrogens is 2. The number of piperidine rings is 1. The van der Waals surface area contributed by atoms with Gasteiger partial charge < -0.3 is 10.6 Å². The largest absolute Gasteiger partial charge is 0.333 e. The van der Waals surface area contributed by atoms with Gasteiger partial charge in [-0.05, 0) is 39.2 Å². The van der Waals surface area contributed by atoms with Crippen molar-refractivity contribution in [2.45, 2.75) is 45.2 Å². The number of nitrogens with two attached hydrogens (primary N) is 1. The Labute approximate surface area is 136 Å². The summed E-state index contributed by atoms with van der Waals surface area (Å²) in [6.07, 6.45) is 3.14. The first-order valence-electron chi connectivity index (χ1n) is 8.25. The van der Waals surface area contributed by atoms with Crippen molar-refractivity contribution in [3.63, 3.8) is 0 Å². The molecule has 1 aliphatic rings. The topological polar surface area (TPSA) is 75.0 Å². The highest BCUT2D eigenvalue weighted by Gasteiger charge is 2.30. The maximum atomic E-state index is 12.8. The van der Waals surface area contributed by atoms with E-state index >= 15 is 0 Å². The van der Waals surface area contributed by atoms with Crippen molar-refractivity contribution in [1.82, 2.24) is 15.1 Å². The number of hydrogen-bond acceptors (Lipinski definition) is 3. The highest BCUT2D eigenvalue weighted by Crippen LogP contribution is 2.23. The fourth-order valence-corrected chi connectivity index (χ4v) is 3.21. The first-order valence-corrected chi connectivity index (χ1v) is 8.25. The summed E-state index contributed by atoms with van der Waals surface area (Å²) in [5.74, 6) is -0.00198. The average molecular weight is 312 g/mol. The van der Waals surface area contributed by atoms with Crippen LogP contribution in [0, 0.1) is 6.92 Å². The predicted octanol–water partition coefficient (Wildman–Crippen LogP) is 2.73. The van der Waals surface area contributed by atoms with Crippen LogP contribution in [0.25, 0.3) is 11.3 Å². The van der Waals surface area contributed by atoms with Crippen molar-refractivity contribution in [3.8, 4) is 11.3 Å². The fraction of sp³-hybridized carbons (Fsp3) is 0.444. The molecule has 3 N–H and O–H groups in total. The van der Waals surface area contributed by atoms with Gasteiger partial charge in [0.15, 0.2) is 0 Å². The van der Waals surface area contributed by atoms with E-state index in [0.29, 0.717) is 5.69 Å². The predicted molar refractivity (Wildman–Crippen MR) is 91.1 cm³/mol. The van der Waals surface area contributed by atoms with Crippen molar-refractivity contribution < 1.29 is 4.79 Å². The minimum atomic E-state index is -0.0151. The maximum absolute atomic E-state index is 12.8. The Balaban J connectivity index is 1.81. The molecule has 2 unspecified atom stereocenters. The minimum Gasteiger partial charge on any atom is -0.333 e. The number of H-pyrrole nitrogens is 1. The summed E-state index contributed by atoms with van der Waals surface area (Å²) in [5.41, 5.74) is 9.60. The van der Waals surface area contributed by atoms with E-state index in [1.807, 2.05) is 49.1 Å². The van der Waals surface area contributed by atoms with Gasteiger partial charge in [0.25, 0.3) is 5.91 Å². The number of carbonyl (C=O) groups excluding carboxylic acids is 1. The number of carbonyl (C=O) groups is 1. The smallest absolute Gasteiger partial charge is 0.272 e. The van der Waals surface area contributed by atoms with Crippen LogP contribution >= 0.6 is 0 Å². The second-order valence-corrected chi connectivity index (χ2v) is 6.45. The molecule has 1 saturated heterocycles. The molecular formula is C18H24N4O. The number of rotatable bonds is 3. The zero-order valence-corrected chi connectivity index (χ0v) is 13.7. The number of likely N-dealkylation sites (tertiary alicyclic amines) is 1. The molecule has 0 saturated carbocycles. The Morgan fingerprint density at radius 2 is 2.09 bits per heavy atom. The zero-order chi connectivity index (χ0) is 16.4. The molecule has 122 valence electrons. The molecular weight excluding hydrogens is 288 g/mol. The van der Waals surface area contributed by atoms with Crippen LogP contribution in [0.15, 0.2) is 30.3 Å². The SMILES string of the molecule is Cc1ccc(-c2cc(C(=O)N3CCCCC3C(C)N)[nH]n2)cc1. The summed E-state index contributed by atoms with van der Waals surface area (Å²) in [4.78, 5) is 14.7. The van der Waals surface area contributed by atoms with E-state index in [1.165, 1.54) is 5.56 Å². The molecule has 0 bridgehead atoms. The van der Waals surface area contributed by atoms with Gasteiger partial charge in [-0.15, -0.1) is 0 Å². The second kappa shape index (κ2) is 6.54. The van der Waals surface area contributed by atoms with Gasteiger partial charge in [0.05, 0.1) is 5.69 Å². The van der Waals surface area contributed by atoms with Gasteiger partial charge in [0.2, 0.25) is 0 Å². The summed E-state index contributed by atoms with van der Waals surface area (Å²) in [6, 6.07) is 10.1. The molecule has 5 nitrogen and oxygen atoms in total. The standard InChI is InChI=1S/C18H24N4O/c1-12-6-8-14(9-7-12)15-11-16(21-20-15)18(23)22-10-4-3-5-17(22)13(2)19/h6-9,11,13,17H,3-5,10,19H2,1-2H3,(H,20,21). The third kappa shape index (κ3) is 3.29. The van der Waals surface area contributed by atoms with Crippen molar-refractivity contribution in [3.05, 3.63) is 41.6 Å². The molecule has 1 aromatic carbocycles. The van der Waals surface area contributed by atoms with Crippen molar-refractivity contribution in [2.75, 3.05) is 6.54 Å². The van der Waals surface area contributed by atoms with E-state index in [0.717, 1.165) is 37.1 Å². The van der Waals surface area contributed by atoms with Crippen LogP contribution in [0.2, 0.25) is 0 Å². The molecule has 2 heterocycles. The number of nitrogens with one attached hydrogen (secondary N) is 1. The van der Waals surface area contributed by atoms with Gasteiger partial charge in [0.1, 0.15) is 5.69 Å². The highest BCUT2D eigenvalue weighted by molar-refractivity contribution is 5.93. The van der Waals surface area contributed by atoms with Gasteiger partial charge in [-0.2, -0.15) is 5.10 Å². The molecule has 1 aromatic heterocycles. The van der Waals surface area contributed by atoms with Crippen molar-refractivity contribution in [2.24, 2.45) is 5.73 Å². The molecule has 3 rings (SSSR count). The van der Waals surface area contributed by atoms with E-state index in [-0.39, 0.29) is 18.0 Å². The number of hydrogen-bond donors (Lipinski definition) is 2. The molecule has 1 fully saturated rings. The zero-order valence-electron chi connectivity index (χ0n) is 13.7. The van der Waals surface area contributed by atoms with Crippen LogP contribution in [-0.4, -0.2) is 39.6 Å². The van der Waals surface area contributed by atoms with Crippen LogP contribution in [0.5, 0.6) is 0 Å². The molecule has 23 heavy (non-hydrogen) atoms. The van der Waals surface area contributed by atoms with E-state index in [9.17, 15) is 4.79 Å². The number of nitrogens with zero attached hydrogens (tertiary/aromatic N) is 2. The quantitative estimate of drug-likeness (QED) is 0.915. The van der Waals surface area contributed by atoms with Gasteiger partial charge in [-0.3, -0.25) is 9.89 Å². The number of amides is 1. The van der Waals surface area contributed by atoms with E-state index in [2.05, 4.69) is 10.2 Å². The number of aryl methyl sites for hydroxylation is 1. The molecule has 2 atom stereocenters. The third-order valence-electron chi connectivity index (χ3n) is 4.57. The lowest BCUT2D eigenvalue weighted by molar-refractivity contribution is 0.0577. The lowest BCUT2D eigenvalue weighted by Crippen LogP contribution is -2.51. The van der Waals surface area contributed by atoms with E-state index in [4.69, 9.17) is 5.73 Å². The van der Waals surface area contributed by atoms with Crippen LogP contribution in [0.1, 0.15) is 42.2 Å². The first kappa shape index (κ1) is 15.7. The molecule has 5 heteroatoms. The Bertz CT molecular complexity index is 675. The van der Waals surface area contributed by atoms with Gasteiger partial charge >= 0.3 is 0 Å². The Hall–Kier alpha value is -2.14. The van der Waals surface area contributed by atoms with Crippen LogP contribution in [0.3, 0.4) is 0 Å². The van der Waals surface area contributed by atoms with Gasteiger partial charge in [0, 0.05) is 24.2 Å². The average Bonchev–Trinajstić information content (AvgIpc) is 3.04. The van der Waals surface area contributed by atoms with Crippen molar-refractivity contribution >= 4 is 5.91 Å². The second-order valence-electron chi connectivity index (χ2n) is 6.45. The molecule has 0 aliphatic carbocycles. The van der Waals surface area contributed by atoms with E-state index in [1.54, 1.807) is 0 Å². The Morgan fingerprint density at radius 1 is 1.35 bits per heavy atom. The summed E-state index contributed by atoms with van der Waals surface area (Å²) < 4.78 is 0. The van der Waals surface area contributed by atoms with Gasteiger partial charge in [-0.1, -0.05) is 29.8 Å². The molecule has 0 radical (unpaired) electrons. The number of benzene rings is 1. The summed E-state index contributed by atoms with van der Waals surface area (Å²) in [5, 5.41) is 7.19. The molecule has 1 amide bonds. The monoisotopic (exact) mass is 312 g/mol. The number of aromatic amines is 1. The minimum absolute atomic E-state index is 0.00198. The molecule has 2 aromatic rings. The lowest BCUT2D eigenvalue weighted by atomic mass is 9.96. The Morgan fingerprint density at radius 3 is 2.78 bits per heavy atom. The summed E-state index contributed by atoms with van der Waals surface area (Å²) in [7, 11) is 0. The Kier molecular flexibility index (Phi) is 4.48. The van der Waals surface area contributed by atoms with Crippen LogP contribution < -0.4 is 5.73 Å². The first-order chi connectivity index (χ1) is 11.1. The van der Waals surface area contributed by atoms with Crippen LogP contribution in [0.4, 0.5) is 0 Å². The van der Waals surface area contributed by atoms with E-state index < -0.39 is 0 Å². The third-order valence-corrected chi connectivity index (χ3v) is 4.57. The fourth-order valence-electron chi connectivity index (χ4n) is 3.21.